The summed E-state index contributed by atoms with van der Waals surface area (Å²) in [4.78, 5) is 25.4. The molecule has 4 rings (SSSR count). The van der Waals surface area contributed by atoms with Gasteiger partial charge in [0.05, 0.1) is 12.3 Å². The van der Waals surface area contributed by atoms with Gasteiger partial charge in [0, 0.05) is 50.3 Å². The number of nitrogens with zero attached hydrogens (tertiary/aromatic N) is 4. The highest BCUT2D eigenvalue weighted by atomic mass is 16.5. The van der Waals surface area contributed by atoms with Gasteiger partial charge in [0.2, 0.25) is 5.95 Å². The molecule has 1 aromatic heterocycles. The summed E-state index contributed by atoms with van der Waals surface area (Å²) in [6, 6.07) is 11.4. The van der Waals surface area contributed by atoms with Crippen molar-refractivity contribution < 1.29 is 9.53 Å². The number of nitrogen functional groups attached to an aromatic ring is 1. The van der Waals surface area contributed by atoms with E-state index in [0.717, 1.165) is 43.2 Å². The lowest BCUT2D eigenvalue weighted by atomic mass is 10.0. The molecule has 0 aliphatic carbocycles. The number of hydrogen-bond donors (Lipinski definition) is 1. The molecule has 7 heteroatoms. The molecular formula is C19H23N5O2. The van der Waals surface area contributed by atoms with Crippen LogP contribution in [0.3, 0.4) is 0 Å². The highest BCUT2D eigenvalue weighted by Gasteiger charge is 2.25. The first-order valence-electron chi connectivity index (χ1n) is 9.02. The average Bonchev–Trinajstić information content (AvgIpc) is 3.23. The summed E-state index contributed by atoms with van der Waals surface area (Å²) < 4.78 is 5.46. The zero-order valence-electron chi connectivity index (χ0n) is 14.7. The minimum absolute atomic E-state index is 0.0799. The Labute approximate surface area is 152 Å². The van der Waals surface area contributed by atoms with E-state index in [4.69, 9.17) is 10.5 Å². The minimum Gasteiger partial charge on any atom is -0.381 e. The van der Waals surface area contributed by atoms with E-state index in [9.17, 15) is 4.79 Å². The van der Waals surface area contributed by atoms with Crippen LogP contribution in [-0.2, 0) is 4.74 Å². The van der Waals surface area contributed by atoms with Crippen LogP contribution >= 0.6 is 0 Å². The molecule has 0 saturated carbocycles. The van der Waals surface area contributed by atoms with Gasteiger partial charge >= 0.3 is 0 Å². The van der Waals surface area contributed by atoms with Gasteiger partial charge in [-0.05, 0) is 18.6 Å². The van der Waals surface area contributed by atoms with Crippen LogP contribution in [0.1, 0.15) is 28.4 Å². The minimum atomic E-state index is 0.0799. The van der Waals surface area contributed by atoms with E-state index in [1.165, 1.54) is 0 Å². The Morgan fingerprint density at radius 3 is 2.58 bits per heavy atom. The van der Waals surface area contributed by atoms with E-state index in [-0.39, 0.29) is 5.91 Å². The van der Waals surface area contributed by atoms with Gasteiger partial charge in [-0.25, -0.2) is 4.98 Å². The van der Waals surface area contributed by atoms with Crippen LogP contribution in [0, 0.1) is 0 Å². The van der Waals surface area contributed by atoms with Gasteiger partial charge in [0.25, 0.3) is 5.91 Å². The highest BCUT2D eigenvalue weighted by Crippen LogP contribution is 2.27. The van der Waals surface area contributed by atoms with Crippen molar-refractivity contribution in [3.8, 4) is 0 Å². The Morgan fingerprint density at radius 1 is 1.12 bits per heavy atom. The molecule has 0 bridgehead atoms. The molecule has 1 amide bonds. The van der Waals surface area contributed by atoms with Crippen molar-refractivity contribution in [2.75, 3.05) is 50.0 Å². The van der Waals surface area contributed by atoms with Crippen molar-refractivity contribution >= 4 is 17.7 Å². The number of benzene rings is 1. The average molecular weight is 353 g/mol. The Bertz CT molecular complexity index is 769. The summed E-state index contributed by atoms with van der Waals surface area (Å²) in [5.74, 6) is 1.51. The molecule has 3 heterocycles. The van der Waals surface area contributed by atoms with Crippen LogP contribution in [0.4, 0.5) is 11.8 Å². The van der Waals surface area contributed by atoms with Crippen molar-refractivity contribution in [1.29, 1.82) is 0 Å². The lowest BCUT2D eigenvalue weighted by molar-refractivity contribution is 0.0746. The molecule has 2 aliphatic heterocycles. The van der Waals surface area contributed by atoms with Crippen LogP contribution in [0.2, 0.25) is 0 Å². The zero-order valence-corrected chi connectivity index (χ0v) is 14.7. The second-order valence-electron chi connectivity index (χ2n) is 6.71. The van der Waals surface area contributed by atoms with Crippen LogP contribution in [-0.4, -0.2) is 60.2 Å². The van der Waals surface area contributed by atoms with Crippen molar-refractivity contribution in [2.45, 2.75) is 12.3 Å². The zero-order chi connectivity index (χ0) is 17.9. The predicted octanol–water partition coefficient (Wildman–Crippen LogP) is 1.53. The summed E-state index contributed by atoms with van der Waals surface area (Å²) in [6.07, 6.45) is 0.968. The fraction of sp³-hybridized carbons (Fsp3) is 0.421. The maximum Gasteiger partial charge on any atom is 0.253 e. The summed E-state index contributed by atoms with van der Waals surface area (Å²) >= 11 is 0. The number of hydrogen-bond acceptors (Lipinski definition) is 6. The molecule has 2 saturated heterocycles. The number of amides is 1. The second kappa shape index (κ2) is 7.29. The Kier molecular flexibility index (Phi) is 4.71. The summed E-state index contributed by atoms with van der Waals surface area (Å²) in [7, 11) is 0. The van der Waals surface area contributed by atoms with Gasteiger partial charge in [-0.1, -0.05) is 18.2 Å². The molecule has 2 aliphatic rings. The Hall–Kier alpha value is -2.67. The number of carbonyl (C=O) groups excluding carboxylic acids is 1. The molecule has 2 fully saturated rings. The SMILES string of the molecule is Nc1nc(C2CCOC2)cc(N2CCN(C(=O)c3ccccc3)CC2)n1. The lowest BCUT2D eigenvalue weighted by Crippen LogP contribution is -2.49. The standard InChI is InChI=1S/C19H23N5O2/c20-19-21-16(15-6-11-26-13-15)12-17(22-19)23-7-9-24(10-8-23)18(25)14-4-2-1-3-5-14/h1-5,12,15H,6-11,13H2,(H2,20,21,22). The van der Waals surface area contributed by atoms with Gasteiger partial charge in [-0.2, -0.15) is 4.98 Å². The first-order valence-corrected chi connectivity index (χ1v) is 9.02. The Balaban J connectivity index is 1.44. The third kappa shape index (κ3) is 3.48. The van der Waals surface area contributed by atoms with Crippen molar-refractivity contribution in [3.05, 3.63) is 47.7 Å². The van der Waals surface area contributed by atoms with Crippen molar-refractivity contribution in [1.82, 2.24) is 14.9 Å². The van der Waals surface area contributed by atoms with Crippen LogP contribution in [0.15, 0.2) is 36.4 Å². The third-order valence-corrected chi connectivity index (χ3v) is 5.01. The molecule has 0 spiro atoms. The van der Waals surface area contributed by atoms with Gasteiger partial charge < -0.3 is 20.3 Å². The first kappa shape index (κ1) is 16.8. The lowest BCUT2D eigenvalue weighted by Gasteiger charge is -2.35. The predicted molar refractivity (Wildman–Crippen MR) is 99.2 cm³/mol. The first-order chi connectivity index (χ1) is 12.7. The maximum atomic E-state index is 12.6. The van der Waals surface area contributed by atoms with Crippen LogP contribution in [0.5, 0.6) is 0 Å². The number of rotatable bonds is 3. The molecule has 1 atom stereocenters. The number of aromatic nitrogens is 2. The van der Waals surface area contributed by atoms with Crippen LogP contribution < -0.4 is 10.6 Å². The van der Waals surface area contributed by atoms with Crippen molar-refractivity contribution in [2.24, 2.45) is 0 Å². The van der Waals surface area contributed by atoms with E-state index in [2.05, 4.69) is 14.9 Å². The van der Waals surface area contributed by atoms with Gasteiger partial charge in [-0.3, -0.25) is 4.79 Å². The number of anilines is 2. The molecule has 2 N–H and O–H groups in total. The smallest absolute Gasteiger partial charge is 0.253 e. The van der Waals surface area contributed by atoms with Crippen molar-refractivity contribution in [3.63, 3.8) is 0 Å². The normalized spacial score (nSPS) is 20.4. The number of nitrogens with two attached hydrogens (primary N) is 1. The Morgan fingerprint density at radius 2 is 1.88 bits per heavy atom. The van der Waals surface area contributed by atoms with E-state index < -0.39 is 0 Å². The van der Waals surface area contributed by atoms with Crippen LogP contribution in [0.25, 0.3) is 0 Å². The highest BCUT2D eigenvalue weighted by molar-refractivity contribution is 5.94. The maximum absolute atomic E-state index is 12.6. The van der Waals surface area contributed by atoms with Gasteiger partial charge in [-0.15, -0.1) is 0 Å². The number of piperazine rings is 1. The summed E-state index contributed by atoms with van der Waals surface area (Å²) in [5.41, 5.74) is 7.61. The summed E-state index contributed by atoms with van der Waals surface area (Å²) in [5, 5.41) is 0. The third-order valence-electron chi connectivity index (χ3n) is 5.01. The monoisotopic (exact) mass is 353 g/mol. The fourth-order valence-electron chi connectivity index (χ4n) is 3.51. The quantitative estimate of drug-likeness (QED) is 0.901. The largest absolute Gasteiger partial charge is 0.381 e. The molecule has 136 valence electrons. The fourth-order valence-corrected chi connectivity index (χ4v) is 3.51. The van der Waals surface area contributed by atoms with E-state index in [1.54, 1.807) is 0 Å². The van der Waals surface area contributed by atoms with E-state index in [0.29, 0.717) is 31.6 Å². The molecule has 1 unspecified atom stereocenters. The van der Waals surface area contributed by atoms with E-state index >= 15 is 0 Å². The molecule has 26 heavy (non-hydrogen) atoms. The molecule has 1 aromatic carbocycles. The molecular weight excluding hydrogens is 330 g/mol. The number of ether oxygens (including phenoxy) is 1. The molecule has 2 aromatic rings. The summed E-state index contributed by atoms with van der Waals surface area (Å²) in [6.45, 7) is 4.25. The molecule has 0 radical (unpaired) electrons. The van der Waals surface area contributed by atoms with Gasteiger partial charge in [0.15, 0.2) is 0 Å². The van der Waals surface area contributed by atoms with Gasteiger partial charge in [0.1, 0.15) is 5.82 Å². The van der Waals surface area contributed by atoms with E-state index in [1.807, 2.05) is 41.3 Å². The number of carbonyl (C=O) groups is 1. The molecule has 7 nitrogen and oxygen atoms in total. The topological polar surface area (TPSA) is 84.6 Å². The second-order valence-corrected chi connectivity index (χ2v) is 6.71.